The average molecular weight is 317 g/mol. The predicted molar refractivity (Wildman–Crippen MR) is 83.6 cm³/mol. The van der Waals surface area contributed by atoms with Crippen molar-refractivity contribution in [2.75, 3.05) is 31.1 Å². The largest absolute Gasteiger partial charge is 0.444 e. The maximum absolute atomic E-state index is 13.7. The van der Waals surface area contributed by atoms with Gasteiger partial charge in [0.2, 0.25) is 0 Å². The molecule has 1 aromatic rings. The second-order valence-electron chi connectivity index (χ2n) is 7.47. The van der Waals surface area contributed by atoms with Gasteiger partial charge in [-0.05, 0) is 39.0 Å². The van der Waals surface area contributed by atoms with Crippen LogP contribution in [0, 0.1) is 22.6 Å². The molecule has 2 fully saturated rings. The Bertz CT molecular complexity index is 676. The predicted octanol–water partition coefficient (Wildman–Crippen LogP) is 2.75. The van der Waals surface area contributed by atoms with Crippen LogP contribution in [0.4, 0.5) is 14.9 Å². The van der Waals surface area contributed by atoms with Crippen LogP contribution in [-0.2, 0) is 4.74 Å². The molecule has 2 aliphatic heterocycles. The molecular formula is C17H20FN3O2. The van der Waals surface area contributed by atoms with E-state index in [9.17, 15) is 9.18 Å². The lowest BCUT2D eigenvalue weighted by Crippen LogP contribution is -2.73. The summed E-state index contributed by atoms with van der Waals surface area (Å²) < 4.78 is 19.0. The van der Waals surface area contributed by atoms with Gasteiger partial charge in [-0.1, -0.05) is 0 Å². The van der Waals surface area contributed by atoms with Gasteiger partial charge in [-0.25, -0.2) is 9.18 Å². The molecule has 1 aromatic carbocycles. The summed E-state index contributed by atoms with van der Waals surface area (Å²) in [6.07, 6.45) is -0.272. The third kappa shape index (κ3) is 2.96. The molecule has 1 amide bonds. The van der Waals surface area contributed by atoms with Crippen LogP contribution in [0.1, 0.15) is 26.3 Å². The number of hydrogen-bond donors (Lipinski definition) is 0. The van der Waals surface area contributed by atoms with Crippen molar-refractivity contribution in [2.24, 2.45) is 5.41 Å². The van der Waals surface area contributed by atoms with E-state index in [1.807, 2.05) is 26.8 Å². The summed E-state index contributed by atoms with van der Waals surface area (Å²) in [5.74, 6) is -0.491. The summed E-state index contributed by atoms with van der Waals surface area (Å²) in [7, 11) is 0. The van der Waals surface area contributed by atoms with Crippen LogP contribution in [-0.4, -0.2) is 42.8 Å². The second kappa shape index (κ2) is 5.12. The van der Waals surface area contributed by atoms with Crippen molar-refractivity contribution in [2.45, 2.75) is 26.4 Å². The van der Waals surface area contributed by atoms with Crippen LogP contribution in [0.2, 0.25) is 0 Å². The highest BCUT2D eigenvalue weighted by atomic mass is 19.1. The summed E-state index contributed by atoms with van der Waals surface area (Å²) in [4.78, 5) is 15.7. The minimum Gasteiger partial charge on any atom is -0.444 e. The zero-order valence-corrected chi connectivity index (χ0v) is 13.6. The number of rotatable bonds is 1. The minimum atomic E-state index is -0.491. The SMILES string of the molecule is CC(C)(C)OC(=O)N1CC2(C1)CN(c1ccc(C#N)c(F)c1)C2. The van der Waals surface area contributed by atoms with Crippen LogP contribution in [0.5, 0.6) is 0 Å². The number of nitriles is 1. The summed E-state index contributed by atoms with van der Waals surface area (Å²) in [5.41, 5.74) is 0.457. The lowest BCUT2D eigenvalue weighted by Gasteiger charge is -2.60. The molecule has 0 bridgehead atoms. The number of amides is 1. The molecule has 122 valence electrons. The summed E-state index contributed by atoms with van der Waals surface area (Å²) >= 11 is 0. The fourth-order valence-corrected chi connectivity index (χ4v) is 3.16. The van der Waals surface area contributed by atoms with Gasteiger partial charge in [0.15, 0.2) is 0 Å². The molecule has 0 unspecified atom stereocenters. The quantitative estimate of drug-likeness (QED) is 0.799. The Morgan fingerprint density at radius 2 is 1.96 bits per heavy atom. The Morgan fingerprint density at radius 3 is 2.48 bits per heavy atom. The molecule has 2 heterocycles. The lowest BCUT2D eigenvalue weighted by molar-refractivity contribution is -0.0453. The van der Waals surface area contributed by atoms with E-state index in [4.69, 9.17) is 10.00 Å². The lowest BCUT2D eigenvalue weighted by atomic mass is 9.73. The molecule has 0 saturated carbocycles. The van der Waals surface area contributed by atoms with E-state index in [2.05, 4.69) is 4.90 Å². The zero-order chi connectivity index (χ0) is 16.8. The van der Waals surface area contributed by atoms with E-state index in [1.165, 1.54) is 12.1 Å². The number of benzene rings is 1. The first kappa shape index (κ1) is 15.6. The molecule has 0 radical (unpaired) electrons. The van der Waals surface area contributed by atoms with E-state index in [0.29, 0.717) is 13.1 Å². The number of likely N-dealkylation sites (tertiary alicyclic amines) is 1. The fraction of sp³-hybridized carbons (Fsp3) is 0.529. The third-order valence-electron chi connectivity index (χ3n) is 4.20. The molecular weight excluding hydrogens is 297 g/mol. The molecule has 2 aliphatic rings. The Morgan fingerprint density at radius 1 is 1.30 bits per heavy atom. The molecule has 0 aliphatic carbocycles. The van der Waals surface area contributed by atoms with Gasteiger partial charge < -0.3 is 14.5 Å². The average Bonchev–Trinajstić information content (AvgIpc) is 2.33. The van der Waals surface area contributed by atoms with Crippen molar-refractivity contribution < 1.29 is 13.9 Å². The molecule has 0 aromatic heterocycles. The molecule has 1 spiro atoms. The Hall–Kier alpha value is -2.29. The molecule has 5 nitrogen and oxygen atoms in total. The molecule has 23 heavy (non-hydrogen) atoms. The third-order valence-corrected chi connectivity index (χ3v) is 4.20. The number of anilines is 1. The fourth-order valence-electron chi connectivity index (χ4n) is 3.16. The van der Waals surface area contributed by atoms with E-state index >= 15 is 0 Å². The number of hydrogen-bond acceptors (Lipinski definition) is 4. The van der Waals surface area contributed by atoms with Crippen molar-refractivity contribution in [3.63, 3.8) is 0 Å². The first-order chi connectivity index (χ1) is 10.7. The molecule has 0 atom stereocenters. The second-order valence-corrected chi connectivity index (χ2v) is 7.47. The van der Waals surface area contributed by atoms with Crippen LogP contribution >= 0.6 is 0 Å². The van der Waals surface area contributed by atoms with Crippen LogP contribution in [0.3, 0.4) is 0 Å². The van der Waals surface area contributed by atoms with Gasteiger partial charge in [-0.15, -0.1) is 0 Å². The van der Waals surface area contributed by atoms with Gasteiger partial charge in [0.1, 0.15) is 17.5 Å². The van der Waals surface area contributed by atoms with Crippen LogP contribution < -0.4 is 4.90 Å². The highest BCUT2D eigenvalue weighted by Crippen LogP contribution is 2.42. The van der Waals surface area contributed by atoms with Crippen LogP contribution in [0.15, 0.2) is 18.2 Å². The van der Waals surface area contributed by atoms with Crippen molar-refractivity contribution in [1.29, 1.82) is 5.26 Å². The molecule has 3 rings (SSSR count). The van der Waals surface area contributed by atoms with E-state index in [-0.39, 0.29) is 17.1 Å². The highest BCUT2D eigenvalue weighted by molar-refractivity contribution is 5.70. The van der Waals surface area contributed by atoms with Gasteiger partial charge in [0.05, 0.1) is 5.56 Å². The number of halogens is 1. The first-order valence-corrected chi connectivity index (χ1v) is 7.64. The summed E-state index contributed by atoms with van der Waals surface area (Å²) in [5, 5.41) is 8.76. The van der Waals surface area contributed by atoms with Crippen molar-refractivity contribution in [1.82, 2.24) is 4.90 Å². The topological polar surface area (TPSA) is 56.6 Å². The maximum atomic E-state index is 13.7. The van der Waals surface area contributed by atoms with E-state index in [0.717, 1.165) is 18.8 Å². The zero-order valence-electron chi connectivity index (χ0n) is 13.6. The number of ether oxygens (including phenoxy) is 1. The van der Waals surface area contributed by atoms with Gasteiger partial charge in [0.25, 0.3) is 0 Å². The maximum Gasteiger partial charge on any atom is 0.410 e. The smallest absolute Gasteiger partial charge is 0.410 e. The minimum absolute atomic E-state index is 0.0590. The number of carbonyl (C=O) groups excluding carboxylic acids is 1. The standard InChI is InChI=1S/C17H20FN3O2/c1-16(2,3)23-15(22)21-10-17(11-21)8-20(9-17)13-5-4-12(7-19)14(18)6-13/h4-6H,8-11H2,1-3H3. The van der Waals surface area contributed by atoms with Crippen molar-refractivity contribution in [3.8, 4) is 6.07 Å². The van der Waals surface area contributed by atoms with E-state index in [1.54, 1.807) is 11.0 Å². The van der Waals surface area contributed by atoms with E-state index < -0.39 is 11.4 Å². The molecule has 0 N–H and O–H groups in total. The van der Waals surface area contributed by atoms with Gasteiger partial charge in [0, 0.05) is 37.3 Å². The first-order valence-electron chi connectivity index (χ1n) is 7.64. The normalized spacial score (nSPS) is 18.9. The Balaban J connectivity index is 1.54. The summed E-state index contributed by atoms with van der Waals surface area (Å²) in [6, 6.07) is 6.49. The monoisotopic (exact) mass is 317 g/mol. The van der Waals surface area contributed by atoms with Gasteiger partial charge in [-0.3, -0.25) is 0 Å². The van der Waals surface area contributed by atoms with Crippen molar-refractivity contribution >= 4 is 11.8 Å². The van der Waals surface area contributed by atoms with Gasteiger partial charge in [-0.2, -0.15) is 5.26 Å². The molecule has 6 heteroatoms. The van der Waals surface area contributed by atoms with Crippen LogP contribution in [0.25, 0.3) is 0 Å². The number of carbonyl (C=O) groups is 1. The summed E-state index contributed by atoms with van der Waals surface area (Å²) in [6.45, 7) is 8.49. The van der Waals surface area contributed by atoms with Crippen molar-refractivity contribution in [3.05, 3.63) is 29.6 Å². The highest BCUT2D eigenvalue weighted by Gasteiger charge is 2.54. The number of nitrogens with zero attached hydrogens (tertiary/aromatic N) is 3. The Kier molecular flexibility index (Phi) is 3.47. The molecule has 2 saturated heterocycles. The Labute approximate surface area is 135 Å². The van der Waals surface area contributed by atoms with Gasteiger partial charge >= 0.3 is 6.09 Å².